The van der Waals surface area contributed by atoms with Crippen LogP contribution in [0.5, 0.6) is 0 Å². The van der Waals surface area contributed by atoms with Crippen LogP contribution in [0.25, 0.3) is 0 Å². The van der Waals surface area contributed by atoms with Gasteiger partial charge in [0.25, 0.3) is 5.69 Å². The highest BCUT2D eigenvalue weighted by Crippen LogP contribution is 2.30. The second-order valence-corrected chi connectivity index (χ2v) is 5.21. The maximum atomic E-state index is 10.9. The fraction of sp³-hybridized carbons (Fsp3) is 0.538. The van der Waals surface area contributed by atoms with Crippen molar-refractivity contribution >= 4 is 11.4 Å². The van der Waals surface area contributed by atoms with Crippen molar-refractivity contribution in [2.24, 2.45) is 11.8 Å². The van der Waals surface area contributed by atoms with E-state index in [1.54, 1.807) is 6.07 Å². The summed E-state index contributed by atoms with van der Waals surface area (Å²) >= 11 is 0. The fourth-order valence-electron chi connectivity index (χ4n) is 2.51. The lowest BCUT2D eigenvalue weighted by atomic mass is 9.85. The molecule has 1 fully saturated rings. The third-order valence-electron chi connectivity index (χ3n) is 3.70. The number of nitrogens with one attached hydrogen (secondary N) is 1. The van der Waals surface area contributed by atoms with Crippen molar-refractivity contribution in [1.29, 1.82) is 0 Å². The van der Waals surface area contributed by atoms with Gasteiger partial charge in [-0.05, 0) is 31.4 Å². The lowest BCUT2D eigenvalue weighted by Gasteiger charge is -2.30. The van der Waals surface area contributed by atoms with Gasteiger partial charge in [0.05, 0.1) is 4.92 Å². The van der Waals surface area contributed by atoms with E-state index in [0.717, 1.165) is 18.0 Å². The quantitative estimate of drug-likeness (QED) is 0.467. The highest BCUT2D eigenvalue weighted by atomic mass is 16.6. The highest BCUT2D eigenvalue weighted by molar-refractivity contribution is 5.65. The van der Waals surface area contributed by atoms with E-state index in [9.17, 15) is 10.1 Å². The Morgan fingerprint density at radius 3 is 2.79 bits per heavy atom. The molecule has 0 bridgehead atoms. The molecule has 1 saturated carbocycles. The van der Waals surface area contributed by atoms with Crippen molar-refractivity contribution in [2.75, 3.05) is 19.0 Å². The van der Waals surface area contributed by atoms with Crippen LogP contribution >= 0.6 is 0 Å². The largest absolute Gasteiger partial charge is 0.318 e. The van der Waals surface area contributed by atoms with Crippen molar-refractivity contribution in [1.82, 2.24) is 4.90 Å². The Bertz CT molecular complexity index is 460. The van der Waals surface area contributed by atoms with E-state index in [1.165, 1.54) is 25.3 Å². The summed E-state index contributed by atoms with van der Waals surface area (Å²) in [5.41, 5.74) is 3.76. The second kappa shape index (κ2) is 5.99. The van der Waals surface area contributed by atoms with Crippen LogP contribution < -0.4 is 11.3 Å². The van der Waals surface area contributed by atoms with E-state index in [0.29, 0.717) is 12.2 Å². The van der Waals surface area contributed by atoms with Gasteiger partial charge in [0.15, 0.2) is 0 Å². The number of nitrogen functional groups attached to an aromatic ring is 1. The van der Waals surface area contributed by atoms with E-state index >= 15 is 0 Å². The van der Waals surface area contributed by atoms with Crippen LogP contribution in [-0.2, 0) is 6.54 Å². The number of nitro groups is 1. The van der Waals surface area contributed by atoms with Crippen LogP contribution in [-0.4, -0.2) is 23.4 Å². The SMILES string of the molecule is CN(Cc1cccc([N+](=O)[O-])c1NN)CC1CCC1. The number of hydrazine groups is 1. The van der Waals surface area contributed by atoms with Gasteiger partial charge in [-0.1, -0.05) is 18.6 Å². The monoisotopic (exact) mass is 264 g/mol. The van der Waals surface area contributed by atoms with Crippen LogP contribution in [0.4, 0.5) is 11.4 Å². The maximum absolute atomic E-state index is 10.9. The molecule has 2 rings (SSSR count). The molecule has 6 nitrogen and oxygen atoms in total. The molecule has 19 heavy (non-hydrogen) atoms. The molecule has 0 amide bonds. The standard InChI is InChI=1S/C13H20N4O2/c1-16(8-10-4-2-5-10)9-11-6-3-7-12(17(18)19)13(11)15-14/h3,6-7,10,15H,2,4-5,8-9,14H2,1H3. The topological polar surface area (TPSA) is 84.4 Å². The number of nitro benzene ring substituents is 1. The molecule has 0 aliphatic heterocycles. The molecule has 1 aliphatic rings. The first-order valence-electron chi connectivity index (χ1n) is 6.53. The number of hydrogen-bond donors (Lipinski definition) is 2. The Morgan fingerprint density at radius 1 is 1.53 bits per heavy atom. The summed E-state index contributed by atoms with van der Waals surface area (Å²) in [5, 5.41) is 10.9. The summed E-state index contributed by atoms with van der Waals surface area (Å²) in [6.45, 7) is 1.70. The molecule has 1 aromatic rings. The summed E-state index contributed by atoms with van der Waals surface area (Å²) in [4.78, 5) is 12.7. The van der Waals surface area contributed by atoms with Gasteiger partial charge in [-0.2, -0.15) is 0 Å². The van der Waals surface area contributed by atoms with Crippen molar-refractivity contribution in [2.45, 2.75) is 25.8 Å². The van der Waals surface area contributed by atoms with Crippen molar-refractivity contribution in [3.8, 4) is 0 Å². The molecule has 0 heterocycles. The van der Waals surface area contributed by atoms with Gasteiger partial charge in [0.2, 0.25) is 0 Å². The molecular formula is C13H20N4O2. The van der Waals surface area contributed by atoms with Crippen LogP contribution in [0.3, 0.4) is 0 Å². The summed E-state index contributed by atoms with van der Waals surface area (Å²) in [5.74, 6) is 6.21. The lowest BCUT2D eigenvalue weighted by Crippen LogP contribution is -2.29. The summed E-state index contributed by atoms with van der Waals surface area (Å²) in [6, 6.07) is 5.04. The Kier molecular flexibility index (Phi) is 4.34. The third-order valence-corrected chi connectivity index (χ3v) is 3.70. The average molecular weight is 264 g/mol. The molecule has 0 unspecified atom stereocenters. The van der Waals surface area contributed by atoms with Gasteiger partial charge in [-0.3, -0.25) is 16.0 Å². The number of nitrogens with two attached hydrogens (primary N) is 1. The number of para-hydroxylation sites is 1. The van der Waals surface area contributed by atoms with Crippen LogP contribution in [0, 0.1) is 16.0 Å². The zero-order valence-electron chi connectivity index (χ0n) is 11.1. The van der Waals surface area contributed by atoms with Crippen molar-refractivity contribution in [3.05, 3.63) is 33.9 Å². The van der Waals surface area contributed by atoms with Gasteiger partial charge in [-0.15, -0.1) is 0 Å². The van der Waals surface area contributed by atoms with Gasteiger partial charge in [-0.25, -0.2) is 0 Å². The third kappa shape index (κ3) is 3.21. The molecular weight excluding hydrogens is 244 g/mol. The number of nitrogens with zero attached hydrogens (tertiary/aromatic N) is 2. The minimum Gasteiger partial charge on any atom is -0.318 e. The maximum Gasteiger partial charge on any atom is 0.293 e. The second-order valence-electron chi connectivity index (χ2n) is 5.21. The predicted octanol–water partition coefficient (Wildman–Crippen LogP) is 2.11. The molecule has 3 N–H and O–H groups in total. The molecule has 0 aromatic heterocycles. The zero-order valence-corrected chi connectivity index (χ0v) is 11.1. The van der Waals surface area contributed by atoms with Gasteiger partial charge in [0.1, 0.15) is 5.69 Å². The average Bonchev–Trinajstić information content (AvgIpc) is 2.33. The molecule has 0 spiro atoms. The summed E-state index contributed by atoms with van der Waals surface area (Å²) < 4.78 is 0. The Hall–Kier alpha value is -1.66. The normalized spacial score (nSPS) is 15.3. The first-order chi connectivity index (χ1) is 9.11. The summed E-state index contributed by atoms with van der Waals surface area (Å²) in [7, 11) is 2.04. The Balaban J connectivity index is 2.09. The van der Waals surface area contributed by atoms with E-state index < -0.39 is 4.92 Å². The minimum absolute atomic E-state index is 0.0250. The molecule has 104 valence electrons. The van der Waals surface area contributed by atoms with E-state index in [2.05, 4.69) is 10.3 Å². The van der Waals surface area contributed by atoms with E-state index in [-0.39, 0.29) is 5.69 Å². The lowest BCUT2D eigenvalue weighted by molar-refractivity contribution is -0.384. The van der Waals surface area contributed by atoms with Crippen LogP contribution in [0.2, 0.25) is 0 Å². The number of rotatable bonds is 6. The smallest absolute Gasteiger partial charge is 0.293 e. The highest BCUT2D eigenvalue weighted by Gasteiger charge is 2.21. The molecule has 0 saturated heterocycles. The van der Waals surface area contributed by atoms with Crippen LogP contribution in [0.15, 0.2) is 18.2 Å². The van der Waals surface area contributed by atoms with Crippen molar-refractivity contribution in [3.63, 3.8) is 0 Å². The molecule has 1 aliphatic carbocycles. The van der Waals surface area contributed by atoms with Gasteiger partial charge >= 0.3 is 0 Å². The van der Waals surface area contributed by atoms with E-state index in [1.807, 2.05) is 13.1 Å². The molecule has 6 heteroatoms. The van der Waals surface area contributed by atoms with Gasteiger partial charge in [0, 0.05) is 19.2 Å². The number of anilines is 1. The first kappa shape index (κ1) is 13.8. The molecule has 1 aromatic carbocycles. The predicted molar refractivity (Wildman–Crippen MR) is 74.6 cm³/mol. The summed E-state index contributed by atoms with van der Waals surface area (Å²) in [6.07, 6.45) is 3.91. The van der Waals surface area contributed by atoms with Gasteiger partial charge < -0.3 is 10.3 Å². The number of hydrogen-bond acceptors (Lipinski definition) is 5. The first-order valence-corrected chi connectivity index (χ1v) is 6.53. The Labute approximate surface area is 112 Å². The fourth-order valence-corrected chi connectivity index (χ4v) is 2.51. The Morgan fingerprint density at radius 2 is 2.26 bits per heavy atom. The molecule has 0 atom stereocenters. The number of benzene rings is 1. The van der Waals surface area contributed by atoms with Crippen molar-refractivity contribution < 1.29 is 4.92 Å². The zero-order chi connectivity index (χ0) is 13.8. The van der Waals surface area contributed by atoms with E-state index in [4.69, 9.17) is 5.84 Å². The molecule has 0 radical (unpaired) electrons. The van der Waals surface area contributed by atoms with Crippen LogP contribution in [0.1, 0.15) is 24.8 Å². The minimum atomic E-state index is -0.412.